The van der Waals surface area contributed by atoms with Crippen molar-refractivity contribution < 1.29 is 9.90 Å². The molecule has 1 saturated heterocycles. The summed E-state index contributed by atoms with van der Waals surface area (Å²) in [6.45, 7) is 2.78. The summed E-state index contributed by atoms with van der Waals surface area (Å²) in [5.41, 5.74) is 2.93. The van der Waals surface area contributed by atoms with Gasteiger partial charge in [0.25, 0.3) is 5.91 Å². The van der Waals surface area contributed by atoms with Crippen molar-refractivity contribution in [2.75, 3.05) is 18.5 Å². The van der Waals surface area contributed by atoms with Crippen molar-refractivity contribution in [3.8, 4) is 6.07 Å². The molecule has 1 heterocycles. The molecule has 2 unspecified atom stereocenters. The second kappa shape index (κ2) is 8.03. The molecule has 0 bridgehead atoms. The molecule has 134 valence electrons. The first-order valence-electron chi connectivity index (χ1n) is 8.90. The average molecular weight is 349 g/mol. The third-order valence-corrected chi connectivity index (χ3v) is 4.91. The number of hydrogen-bond donors (Lipinski definition) is 2. The van der Waals surface area contributed by atoms with Crippen LogP contribution < -0.4 is 5.32 Å². The Morgan fingerprint density at radius 2 is 2.00 bits per heavy atom. The lowest BCUT2D eigenvalue weighted by Gasteiger charge is -2.37. The molecule has 5 heteroatoms. The zero-order valence-electron chi connectivity index (χ0n) is 14.9. The Balaban J connectivity index is 1.75. The number of nitrogens with zero attached hydrogens (tertiary/aromatic N) is 2. The molecule has 1 amide bonds. The van der Waals surface area contributed by atoms with Crippen LogP contribution >= 0.6 is 0 Å². The molecule has 0 aliphatic carbocycles. The van der Waals surface area contributed by atoms with E-state index in [9.17, 15) is 9.90 Å². The van der Waals surface area contributed by atoms with Gasteiger partial charge in [0, 0.05) is 36.1 Å². The van der Waals surface area contributed by atoms with Crippen molar-refractivity contribution in [1.29, 1.82) is 5.26 Å². The summed E-state index contributed by atoms with van der Waals surface area (Å²) in [6.07, 6.45) is 1.88. The fourth-order valence-electron chi connectivity index (χ4n) is 3.30. The summed E-state index contributed by atoms with van der Waals surface area (Å²) >= 11 is 0. The summed E-state index contributed by atoms with van der Waals surface area (Å²) < 4.78 is 0. The van der Waals surface area contributed by atoms with E-state index in [4.69, 9.17) is 5.26 Å². The number of nitriles is 1. The van der Waals surface area contributed by atoms with Crippen LogP contribution in [0, 0.1) is 17.2 Å². The van der Waals surface area contributed by atoms with Gasteiger partial charge in [-0.1, -0.05) is 6.07 Å². The molecular formula is C21H23N3O2. The number of benzene rings is 2. The van der Waals surface area contributed by atoms with Gasteiger partial charge in [-0.15, -0.1) is 0 Å². The van der Waals surface area contributed by atoms with E-state index in [2.05, 4.69) is 18.3 Å². The quantitative estimate of drug-likeness (QED) is 0.885. The molecule has 2 aromatic rings. The molecule has 2 atom stereocenters. The van der Waals surface area contributed by atoms with E-state index in [-0.39, 0.29) is 24.5 Å². The van der Waals surface area contributed by atoms with E-state index in [0.717, 1.165) is 24.2 Å². The van der Waals surface area contributed by atoms with E-state index in [1.807, 2.05) is 41.3 Å². The highest BCUT2D eigenvalue weighted by molar-refractivity contribution is 5.95. The Labute approximate surface area is 153 Å². The normalized spacial score (nSPS) is 19.7. The van der Waals surface area contributed by atoms with Crippen molar-refractivity contribution in [3.05, 3.63) is 59.7 Å². The van der Waals surface area contributed by atoms with Gasteiger partial charge in [-0.25, -0.2) is 0 Å². The van der Waals surface area contributed by atoms with E-state index in [1.54, 1.807) is 12.1 Å². The molecular weight excluding hydrogens is 326 g/mol. The first kappa shape index (κ1) is 18.0. The topological polar surface area (TPSA) is 76.4 Å². The summed E-state index contributed by atoms with van der Waals surface area (Å²) in [4.78, 5) is 14.8. The molecule has 3 rings (SSSR count). The van der Waals surface area contributed by atoms with Gasteiger partial charge in [0.15, 0.2) is 0 Å². The predicted octanol–water partition coefficient (Wildman–Crippen LogP) is 3.53. The SMILES string of the molecule is CC1CCC(CO)CN1C(=O)c1cccc(Nc2ccc(C#N)cc2)c1. The van der Waals surface area contributed by atoms with E-state index in [0.29, 0.717) is 17.7 Å². The third kappa shape index (κ3) is 4.04. The number of aliphatic hydroxyl groups is 1. The fourth-order valence-corrected chi connectivity index (χ4v) is 3.30. The monoisotopic (exact) mass is 349 g/mol. The fraction of sp³-hybridized carbons (Fsp3) is 0.333. The van der Waals surface area contributed by atoms with E-state index >= 15 is 0 Å². The second-order valence-corrected chi connectivity index (χ2v) is 6.83. The first-order valence-corrected chi connectivity index (χ1v) is 8.90. The van der Waals surface area contributed by atoms with Crippen molar-refractivity contribution in [2.24, 2.45) is 5.92 Å². The van der Waals surface area contributed by atoms with Crippen LogP contribution in [0.3, 0.4) is 0 Å². The van der Waals surface area contributed by atoms with E-state index in [1.165, 1.54) is 0 Å². The van der Waals surface area contributed by atoms with Crippen LogP contribution in [0.2, 0.25) is 0 Å². The molecule has 0 aromatic heterocycles. The Hall–Kier alpha value is -2.84. The minimum Gasteiger partial charge on any atom is -0.396 e. The molecule has 5 nitrogen and oxygen atoms in total. The van der Waals surface area contributed by atoms with Gasteiger partial charge in [-0.2, -0.15) is 5.26 Å². The maximum absolute atomic E-state index is 12.9. The van der Waals surface area contributed by atoms with Crippen molar-refractivity contribution in [3.63, 3.8) is 0 Å². The molecule has 0 spiro atoms. The van der Waals surface area contributed by atoms with Crippen LogP contribution in [-0.2, 0) is 0 Å². The zero-order valence-corrected chi connectivity index (χ0v) is 14.9. The predicted molar refractivity (Wildman–Crippen MR) is 101 cm³/mol. The number of aliphatic hydroxyl groups excluding tert-OH is 1. The molecule has 1 aliphatic heterocycles. The molecule has 2 aromatic carbocycles. The molecule has 26 heavy (non-hydrogen) atoms. The number of nitrogens with one attached hydrogen (secondary N) is 1. The molecule has 2 N–H and O–H groups in total. The lowest BCUT2D eigenvalue weighted by Crippen LogP contribution is -2.46. The highest BCUT2D eigenvalue weighted by Gasteiger charge is 2.29. The van der Waals surface area contributed by atoms with Crippen LogP contribution in [0.1, 0.15) is 35.7 Å². The number of rotatable bonds is 4. The smallest absolute Gasteiger partial charge is 0.254 e. The van der Waals surface area contributed by atoms with Gasteiger partial charge in [0.05, 0.1) is 11.6 Å². The average Bonchev–Trinajstić information content (AvgIpc) is 2.68. The van der Waals surface area contributed by atoms with Gasteiger partial charge in [-0.05, 0) is 68.1 Å². The Morgan fingerprint density at radius 1 is 1.23 bits per heavy atom. The maximum atomic E-state index is 12.9. The van der Waals surface area contributed by atoms with Gasteiger partial charge in [0.1, 0.15) is 0 Å². The summed E-state index contributed by atoms with van der Waals surface area (Å²) in [5.74, 6) is 0.161. The minimum absolute atomic E-state index is 0.000807. The Morgan fingerprint density at radius 3 is 2.69 bits per heavy atom. The lowest BCUT2D eigenvalue weighted by atomic mass is 9.93. The maximum Gasteiger partial charge on any atom is 0.254 e. The van der Waals surface area contributed by atoms with Gasteiger partial charge < -0.3 is 15.3 Å². The Bertz CT molecular complexity index is 811. The van der Waals surface area contributed by atoms with Crippen LogP contribution in [-0.4, -0.2) is 35.1 Å². The van der Waals surface area contributed by atoms with Crippen LogP contribution in [0.4, 0.5) is 11.4 Å². The standard InChI is InChI=1S/C21H23N3O2/c1-15-5-6-17(14-25)13-24(15)21(26)18-3-2-4-20(11-18)23-19-9-7-16(12-22)8-10-19/h2-4,7-11,15,17,23,25H,5-6,13-14H2,1H3. The molecule has 0 saturated carbocycles. The number of carbonyl (C=O) groups is 1. The van der Waals surface area contributed by atoms with Crippen molar-refractivity contribution in [2.45, 2.75) is 25.8 Å². The third-order valence-electron chi connectivity index (χ3n) is 4.91. The molecule has 1 aliphatic rings. The first-order chi connectivity index (χ1) is 12.6. The van der Waals surface area contributed by atoms with Gasteiger partial charge >= 0.3 is 0 Å². The number of anilines is 2. The lowest BCUT2D eigenvalue weighted by molar-refractivity contribution is 0.0489. The number of hydrogen-bond acceptors (Lipinski definition) is 4. The van der Waals surface area contributed by atoms with Gasteiger partial charge in [0.2, 0.25) is 0 Å². The van der Waals surface area contributed by atoms with Gasteiger partial charge in [-0.3, -0.25) is 4.79 Å². The molecule has 0 radical (unpaired) electrons. The number of piperidine rings is 1. The largest absolute Gasteiger partial charge is 0.396 e. The van der Waals surface area contributed by atoms with Crippen LogP contribution in [0.5, 0.6) is 0 Å². The number of carbonyl (C=O) groups excluding carboxylic acids is 1. The highest BCUT2D eigenvalue weighted by atomic mass is 16.3. The Kier molecular flexibility index (Phi) is 5.55. The summed E-state index contributed by atoms with van der Waals surface area (Å²) in [6, 6.07) is 16.9. The highest BCUT2D eigenvalue weighted by Crippen LogP contribution is 2.25. The number of amides is 1. The van der Waals surface area contributed by atoms with Crippen molar-refractivity contribution >= 4 is 17.3 Å². The molecule has 1 fully saturated rings. The number of likely N-dealkylation sites (tertiary alicyclic amines) is 1. The van der Waals surface area contributed by atoms with Crippen LogP contribution in [0.25, 0.3) is 0 Å². The van der Waals surface area contributed by atoms with Crippen molar-refractivity contribution in [1.82, 2.24) is 4.90 Å². The second-order valence-electron chi connectivity index (χ2n) is 6.83. The summed E-state index contributed by atoms with van der Waals surface area (Å²) in [5, 5.41) is 21.6. The van der Waals surface area contributed by atoms with E-state index < -0.39 is 0 Å². The van der Waals surface area contributed by atoms with Crippen LogP contribution in [0.15, 0.2) is 48.5 Å². The zero-order chi connectivity index (χ0) is 18.5. The summed E-state index contributed by atoms with van der Waals surface area (Å²) in [7, 11) is 0. The minimum atomic E-state index is -0.000807.